The summed E-state index contributed by atoms with van der Waals surface area (Å²) in [5.74, 6) is 1.23. The van der Waals surface area contributed by atoms with E-state index < -0.39 is 11.0 Å². The van der Waals surface area contributed by atoms with Crippen molar-refractivity contribution >= 4 is 18.0 Å². The van der Waals surface area contributed by atoms with Crippen LogP contribution in [0.25, 0.3) is 6.08 Å². The maximum absolute atomic E-state index is 13.0. The lowest BCUT2D eigenvalue weighted by atomic mass is 9.55. The predicted octanol–water partition coefficient (Wildman–Crippen LogP) is 4.44. The van der Waals surface area contributed by atoms with E-state index in [9.17, 15) is 14.7 Å². The molecule has 1 aliphatic heterocycles. The topological polar surface area (TPSA) is 88.1 Å². The Morgan fingerprint density at radius 3 is 2.68 bits per heavy atom. The second-order valence-electron chi connectivity index (χ2n) is 11.2. The van der Waals surface area contributed by atoms with Crippen molar-refractivity contribution in [3.8, 4) is 11.5 Å². The van der Waals surface area contributed by atoms with E-state index >= 15 is 0 Å². The number of nitrogens with one attached hydrogen (secondary N) is 1. The van der Waals surface area contributed by atoms with E-state index in [2.05, 4.69) is 10.2 Å². The number of hydrogen-bond acceptors (Lipinski definition) is 6. The van der Waals surface area contributed by atoms with Gasteiger partial charge in [0.25, 0.3) is 0 Å². The Kier molecular flexibility index (Phi) is 7.48. The number of phenols is 1. The molecule has 1 amide bonds. The van der Waals surface area contributed by atoms with Crippen molar-refractivity contribution in [1.29, 1.82) is 0 Å². The van der Waals surface area contributed by atoms with E-state index in [-0.39, 0.29) is 23.7 Å². The molecule has 0 aromatic heterocycles. The molecule has 1 heterocycles. The number of aromatic hydroxyl groups is 1. The van der Waals surface area contributed by atoms with Crippen molar-refractivity contribution in [2.24, 2.45) is 5.92 Å². The maximum atomic E-state index is 13.0. The Morgan fingerprint density at radius 1 is 1.13 bits per heavy atom. The van der Waals surface area contributed by atoms with Gasteiger partial charge in [-0.3, -0.25) is 14.5 Å². The first-order valence-electron chi connectivity index (χ1n) is 13.6. The van der Waals surface area contributed by atoms with E-state index in [1.54, 1.807) is 25.3 Å². The van der Waals surface area contributed by atoms with Crippen LogP contribution in [0.2, 0.25) is 0 Å². The van der Waals surface area contributed by atoms with E-state index in [1.165, 1.54) is 19.8 Å². The molecule has 7 nitrogen and oxygen atoms in total. The number of benzene rings is 2. The van der Waals surface area contributed by atoms with Crippen LogP contribution in [0.4, 0.5) is 0 Å². The largest absolute Gasteiger partial charge is 0.508 e. The number of likely N-dealkylation sites (tertiary alicyclic amines) is 1. The van der Waals surface area contributed by atoms with Crippen molar-refractivity contribution in [3.05, 3.63) is 65.7 Å². The molecule has 3 aliphatic rings. The number of hydrogen-bond donors (Lipinski definition) is 2. The molecule has 0 radical (unpaired) electrons. The summed E-state index contributed by atoms with van der Waals surface area (Å²) in [7, 11) is 1.62. The minimum absolute atomic E-state index is 0.0847. The first kappa shape index (κ1) is 26.3. The van der Waals surface area contributed by atoms with Crippen LogP contribution in [0.3, 0.4) is 0 Å². The van der Waals surface area contributed by atoms with E-state index in [1.807, 2.05) is 42.5 Å². The second-order valence-corrected chi connectivity index (χ2v) is 11.2. The van der Waals surface area contributed by atoms with Crippen LogP contribution in [0.15, 0.2) is 54.6 Å². The number of fused-ring (bicyclic) bond motifs is 1. The zero-order valence-corrected chi connectivity index (χ0v) is 22.3. The standard InChI is InChI=1S/C31H38N2O5/c1-22(34)38-31-14-13-26(32-29(36)12-11-23-5-3-8-28(17-23)37-2)19-30(31,25-6-4-7-27(35)18-25)15-16-33(21-31)20-24-9-10-24/h3-8,11-12,17-18,24,26,35H,9-10,13-16,19-21H2,1-2H3,(H,32,36). The van der Waals surface area contributed by atoms with Crippen molar-refractivity contribution < 1.29 is 24.2 Å². The highest BCUT2D eigenvalue weighted by atomic mass is 16.6. The normalized spacial score (nSPS) is 27.5. The number of nitrogens with zero attached hydrogens (tertiary/aromatic N) is 1. The maximum Gasteiger partial charge on any atom is 0.303 e. The smallest absolute Gasteiger partial charge is 0.303 e. The van der Waals surface area contributed by atoms with Gasteiger partial charge >= 0.3 is 5.97 Å². The zero-order valence-electron chi connectivity index (χ0n) is 22.3. The molecule has 3 unspecified atom stereocenters. The number of methoxy groups -OCH3 is 1. The van der Waals surface area contributed by atoms with Gasteiger partial charge in [0.2, 0.25) is 5.91 Å². The van der Waals surface area contributed by atoms with Gasteiger partial charge in [-0.25, -0.2) is 0 Å². The Morgan fingerprint density at radius 2 is 1.95 bits per heavy atom. The number of esters is 1. The minimum Gasteiger partial charge on any atom is -0.508 e. The summed E-state index contributed by atoms with van der Waals surface area (Å²) in [6.07, 6.45) is 8.67. The van der Waals surface area contributed by atoms with Crippen LogP contribution in [0, 0.1) is 5.92 Å². The molecule has 7 heteroatoms. The summed E-state index contributed by atoms with van der Waals surface area (Å²) in [4.78, 5) is 27.9. The highest BCUT2D eigenvalue weighted by Gasteiger charge is 2.61. The lowest BCUT2D eigenvalue weighted by molar-refractivity contribution is -0.187. The van der Waals surface area contributed by atoms with Gasteiger partial charge in [-0.05, 0) is 92.5 Å². The lowest BCUT2D eigenvalue weighted by Crippen LogP contribution is -2.68. The first-order chi connectivity index (χ1) is 18.3. The molecular formula is C31H38N2O5. The van der Waals surface area contributed by atoms with E-state index in [0.717, 1.165) is 42.3 Å². The van der Waals surface area contributed by atoms with Gasteiger partial charge in [0.05, 0.1) is 7.11 Å². The number of amides is 1. The minimum atomic E-state index is -0.711. The highest BCUT2D eigenvalue weighted by molar-refractivity contribution is 5.92. The molecule has 2 N–H and O–H groups in total. The van der Waals surface area contributed by atoms with Crippen LogP contribution in [-0.4, -0.2) is 60.3 Å². The molecule has 38 heavy (non-hydrogen) atoms. The van der Waals surface area contributed by atoms with Gasteiger partial charge in [-0.1, -0.05) is 24.3 Å². The van der Waals surface area contributed by atoms with Gasteiger partial charge in [0, 0.05) is 37.5 Å². The molecule has 0 spiro atoms. The second kappa shape index (κ2) is 10.8. The summed E-state index contributed by atoms with van der Waals surface area (Å²) in [6.45, 7) is 4.09. The molecule has 0 bridgehead atoms. The van der Waals surface area contributed by atoms with Crippen LogP contribution in [0.5, 0.6) is 11.5 Å². The predicted molar refractivity (Wildman–Crippen MR) is 146 cm³/mol. The van der Waals surface area contributed by atoms with Crippen LogP contribution in [-0.2, 0) is 19.7 Å². The molecule has 2 aliphatic carbocycles. The summed E-state index contributed by atoms with van der Waals surface area (Å²) in [6, 6.07) is 14.8. The van der Waals surface area contributed by atoms with Crippen LogP contribution >= 0.6 is 0 Å². The monoisotopic (exact) mass is 518 g/mol. The van der Waals surface area contributed by atoms with Gasteiger partial charge < -0.3 is 19.9 Å². The Bertz CT molecular complexity index is 1210. The number of rotatable bonds is 8. The van der Waals surface area contributed by atoms with Gasteiger partial charge in [-0.2, -0.15) is 0 Å². The van der Waals surface area contributed by atoms with Crippen molar-refractivity contribution in [1.82, 2.24) is 10.2 Å². The average Bonchev–Trinajstić information content (AvgIpc) is 3.71. The Labute approximate surface area is 224 Å². The number of ether oxygens (including phenoxy) is 2. The molecule has 3 atom stereocenters. The van der Waals surface area contributed by atoms with E-state index in [4.69, 9.17) is 9.47 Å². The third-order valence-corrected chi connectivity index (χ3v) is 8.52. The summed E-state index contributed by atoms with van der Waals surface area (Å²) >= 11 is 0. The Balaban J connectivity index is 1.40. The van der Waals surface area contributed by atoms with Crippen LogP contribution in [0.1, 0.15) is 56.6 Å². The van der Waals surface area contributed by atoms with E-state index in [0.29, 0.717) is 25.8 Å². The van der Waals surface area contributed by atoms with Crippen LogP contribution < -0.4 is 10.1 Å². The quantitative estimate of drug-likeness (QED) is 0.397. The number of piperidine rings is 1. The van der Waals surface area contributed by atoms with Crippen molar-refractivity contribution in [3.63, 3.8) is 0 Å². The SMILES string of the molecule is COc1cccc(C=CC(=O)NC2CCC3(OC(C)=O)CN(CC4CC4)CCC3(c3cccc(O)c3)C2)c1. The lowest BCUT2D eigenvalue weighted by Gasteiger charge is -2.59. The summed E-state index contributed by atoms with van der Waals surface area (Å²) < 4.78 is 11.6. The Hall–Kier alpha value is -3.32. The number of carbonyl (C=O) groups is 2. The zero-order chi connectivity index (χ0) is 26.8. The highest BCUT2D eigenvalue weighted by Crippen LogP contribution is 2.54. The fourth-order valence-electron chi connectivity index (χ4n) is 6.60. The van der Waals surface area contributed by atoms with Gasteiger partial charge in [0.15, 0.2) is 0 Å². The molecule has 2 saturated carbocycles. The third-order valence-electron chi connectivity index (χ3n) is 8.52. The molecule has 202 valence electrons. The van der Waals surface area contributed by atoms with Gasteiger partial charge in [-0.15, -0.1) is 0 Å². The summed E-state index contributed by atoms with van der Waals surface area (Å²) in [5, 5.41) is 13.6. The fourth-order valence-corrected chi connectivity index (χ4v) is 6.60. The average molecular weight is 519 g/mol. The van der Waals surface area contributed by atoms with Crippen molar-refractivity contribution in [2.75, 3.05) is 26.7 Å². The molecular weight excluding hydrogens is 480 g/mol. The number of carbonyl (C=O) groups excluding carboxylic acids is 2. The van der Waals surface area contributed by atoms with Crippen molar-refractivity contribution in [2.45, 2.75) is 62.5 Å². The molecule has 3 fully saturated rings. The molecule has 2 aromatic rings. The first-order valence-corrected chi connectivity index (χ1v) is 13.6. The molecule has 2 aromatic carbocycles. The van der Waals surface area contributed by atoms with Gasteiger partial charge in [0.1, 0.15) is 17.1 Å². The molecule has 1 saturated heterocycles. The molecule has 5 rings (SSSR count). The third kappa shape index (κ3) is 5.58. The number of phenolic OH excluding ortho intramolecular Hbond substituents is 1. The fraction of sp³-hybridized carbons (Fsp3) is 0.484. The summed E-state index contributed by atoms with van der Waals surface area (Å²) in [5.41, 5.74) is 0.633.